The van der Waals surface area contributed by atoms with Crippen molar-refractivity contribution < 1.29 is 4.74 Å². The van der Waals surface area contributed by atoms with Crippen LogP contribution in [-0.4, -0.2) is 31.2 Å². The highest BCUT2D eigenvalue weighted by Crippen LogP contribution is 2.36. The number of nitrogens with two attached hydrogens (primary N) is 1. The van der Waals surface area contributed by atoms with Gasteiger partial charge in [-0.1, -0.05) is 6.07 Å². The van der Waals surface area contributed by atoms with Gasteiger partial charge in [-0.3, -0.25) is 0 Å². The molecule has 5 nitrogen and oxygen atoms in total. The largest absolute Gasteiger partial charge is 0.497 e. The summed E-state index contributed by atoms with van der Waals surface area (Å²) < 4.78 is 6.35. The Hall–Kier alpha value is -2.86. The van der Waals surface area contributed by atoms with Crippen molar-refractivity contribution in [2.75, 3.05) is 31.8 Å². The fourth-order valence-corrected chi connectivity index (χ4v) is 3.79. The normalized spacial score (nSPS) is 11.2. The highest BCUT2D eigenvalue weighted by atomic mass is 32.1. The number of aromatic nitrogens is 2. The molecule has 0 aliphatic carbocycles. The number of pyridine rings is 1. The van der Waals surface area contributed by atoms with E-state index in [4.69, 9.17) is 15.5 Å². The zero-order valence-corrected chi connectivity index (χ0v) is 15.1. The van der Waals surface area contributed by atoms with Crippen molar-refractivity contribution in [3.8, 4) is 16.3 Å². The second-order valence-electron chi connectivity index (χ2n) is 6.05. The maximum absolute atomic E-state index is 6.24. The number of benzene rings is 2. The number of thiazole rings is 1. The summed E-state index contributed by atoms with van der Waals surface area (Å²) in [6.07, 6.45) is 0. The van der Waals surface area contributed by atoms with Crippen molar-refractivity contribution in [3.63, 3.8) is 0 Å². The molecule has 6 heteroatoms. The molecule has 0 radical (unpaired) electrons. The van der Waals surface area contributed by atoms with Crippen LogP contribution in [0, 0.1) is 0 Å². The van der Waals surface area contributed by atoms with Gasteiger partial charge in [0.1, 0.15) is 16.6 Å². The number of methoxy groups -OCH3 is 1. The summed E-state index contributed by atoms with van der Waals surface area (Å²) in [7, 11) is 5.68. The Labute approximate surface area is 149 Å². The number of ether oxygens (including phenoxy) is 1. The average molecular weight is 350 g/mol. The molecular formula is C19H18N4OS. The van der Waals surface area contributed by atoms with Crippen molar-refractivity contribution >= 4 is 44.0 Å². The number of fused-ring (bicyclic) bond motifs is 2. The lowest BCUT2D eigenvalue weighted by atomic mass is 10.1. The van der Waals surface area contributed by atoms with E-state index >= 15 is 0 Å². The lowest BCUT2D eigenvalue weighted by Crippen LogP contribution is -2.08. The Bertz CT molecular complexity index is 1090. The van der Waals surface area contributed by atoms with E-state index in [2.05, 4.69) is 23.2 Å². The molecule has 2 heterocycles. The van der Waals surface area contributed by atoms with Crippen molar-refractivity contribution in [3.05, 3.63) is 42.5 Å². The summed E-state index contributed by atoms with van der Waals surface area (Å²) in [6.45, 7) is 0. The zero-order chi connectivity index (χ0) is 17.6. The van der Waals surface area contributed by atoms with Crippen LogP contribution in [0.5, 0.6) is 5.75 Å². The van der Waals surface area contributed by atoms with Gasteiger partial charge in [0.15, 0.2) is 0 Å². The Morgan fingerprint density at radius 2 is 1.84 bits per heavy atom. The molecule has 0 saturated carbocycles. The van der Waals surface area contributed by atoms with E-state index in [9.17, 15) is 0 Å². The van der Waals surface area contributed by atoms with Gasteiger partial charge in [-0.05, 0) is 36.4 Å². The first-order chi connectivity index (χ1) is 12.0. The first-order valence-corrected chi connectivity index (χ1v) is 8.69. The second-order valence-corrected chi connectivity index (χ2v) is 7.08. The molecule has 4 aromatic rings. The average Bonchev–Trinajstić information content (AvgIpc) is 3.03. The first kappa shape index (κ1) is 15.7. The van der Waals surface area contributed by atoms with E-state index in [1.54, 1.807) is 18.4 Å². The number of nitrogens with zero attached hydrogens (tertiary/aromatic N) is 3. The third-order valence-corrected chi connectivity index (χ3v) is 5.22. The van der Waals surface area contributed by atoms with Crippen molar-refractivity contribution in [1.82, 2.24) is 9.97 Å². The second kappa shape index (κ2) is 5.89. The van der Waals surface area contributed by atoms with Gasteiger partial charge >= 0.3 is 0 Å². The molecule has 0 amide bonds. The van der Waals surface area contributed by atoms with Crippen LogP contribution in [0.3, 0.4) is 0 Å². The molecule has 0 atom stereocenters. The monoisotopic (exact) mass is 350 g/mol. The highest BCUT2D eigenvalue weighted by molar-refractivity contribution is 7.21. The molecule has 4 rings (SSSR count). The Balaban J connectivity index is 1.85. The van der Waals surface area contributed by atoms with Crippen molar-refractivity contribution in [2.45, 2.75) is 0 Å². The number of rotatable bonds is 3. The predicted molar refractivity (Wildman–Crippen MR) is 106 cm³/mol. The van der Waals surface area contributed by atoms with Crippen LogP contribution in [0.2, 0.25) is 0 Å². The van der Waals surface area contributed by atoms with Crippen molar-refractivity contribution in [2.24, 2.45) is 0 Å². The topological polar surface area (TPSA) is 64.3 Å². The van der Waals surface area contributed by atoms with Gasteiger partial charge in [0.05, 0.1) is 28.4 Å². The fourth-order valence-electron chi connectivity index (χ4n) is 2.77. The molecule has 0 spiro atoms. The van der Waals surface area contributed by atoms with Gasteiger partial charge in [-0.2, -0.15) is 0 Å². The van der Waals surface area contributed by atoms with E-state index in [0.717, 1.165) is 43.1 Å². The number of nitrogen functional groups attached to an aromatic ring is 1. The lowest BCUT2D eigenvalue weighted by molar-refractivity contribution is 0.415. The molecule has 0 aliphatic rings. The van der Waals surface area contributed by atoms with Crippen LogP contribution < -0.4 is 15.4 Å². The summed E-state index contributed by atoms with van der Waals surface area (Å²) >= 11 is 1.59. The fraction of sp³-hybridized carbons (Fsp3) is 0.158. The molecule has 0 aliphatic heterocycles. The summed E-state index contributed by atoms with van der Waals surface area (Å²) in [5.74, 6) is 1.32. The Morgan fingerprint density at radius 3 is 2.60 bits per heavy atom. The van der Waals surface area contributed by atoms with Crippen LogP contribution in [0.4, 0.5) is 11.5 Å². The van der Waals surface area contributed by atoms with Crippen LogP contribution >= 0.6 is 11.3 Å². The molecule has 0 fully saturated rings. The van der Waals surface area contributed by atoms with Gasteiger partial charge in [0.2, 0.25) is 0 Å². The van der Waals surface area contributed by atoms with E-state index in [0.29, 0.717) is 5.82 Å². The van der Waals surface area contributed by atoms with Gasteiger partial charge in [-0.15, -0.1) is 11.3 Å². The maximum Gasteiger partial charge on any atom is 0.134 e. The Morgan fingerprint density at radius 1 is 1.00 bits per heavy atom. The minimum absolute atomic E-state index is 0.495. The molecule has 0 unspecified atom stereocenters. The molecule has 2 N–H and O–H groups in total. The van der Waals surface area contributed by atoms with Crippen molar-refractivity contribution in [1.29, 1.82) is 0 Å². The molecule has 2 aromatic heterocycles. The smallest absolute Gasteiger partial charge is 0.134 e. The molecule has 0 saturated heterocycles. The van der Waals surface area contributed by atoms with Crippen LogP contribution in [0.15, 0.2) is 42.5 Å². The summed E-state index contributed by atoms with van der Waals surface area (Å²) in [5.41, 5.74) is 10.0. The van der Waals surface area contributed by atoms with E-state index in [-0.39, 0.29) is 0 Å². The third kappa shape index (κ3) is 2.74. The minimum Gasteiger partial charge on any atom is -0.497 e. The first-order valence-electron chi connectivity index (χ1n) is 7.88. The minimum atomic E-state index is 0.495. The molecule has 0 bridgehead atoms. The van der Waals surface area contributed by atoms with Crippen LogP contribution in [-0.2, 0) is 0 Å². The van der Waals surface area contributed by atoms with Gasteiger partial charge in [-0.25, -0.2) is 9.97 Å². The Kier molecular flexibility index (Phi) is 3.69. The van der Waals surface area contributed by atoms with Gasteiger partial charge < -0.3 is 15.4 Å². The van der Waals surface area contributed by atoms with Gasteiger partial charge in [0, 0.05) is 25.2 Å². The van der Waals surface area contributed by atoms with Crippen LogP contribution in [0.1, 0.15) is 0 Å². The number of anilines is 2. The predicted octanol–water partition coefficient (Wildman–Crippen LogP) is 4.17. The zero-order valence-electron chi connectivity index (χ0n) is 14.3. The number of hydrogen-bond donors (Lipinski definition) is 1. The van der Waals surface area contributed by atoms with E-state index < -0.39 is 0 Å². The molecular weight excluding hydrogens is 332 g/mol. The summed E-state index contributed by atoms with van der Waals surface area (Å²) in [4.78, 5) is 11.3. The number of hydrogen-bond acceptors (Lipinski definition) is 6. The molecule has 126 valence electrons. The van der Waals surface area contributed by atoms with E-state index in [1.807, 2.05) is 43.3 Å². The maximum atomic E-state index is 6.24. The SMILES string of the molecule is COc1ccc2nc(-c3cc4ccc(N(C)C)cc4nc3N)sc2c1. The molecule has 25 heavy (non-hydrogen) atoms. The van der Waals surface area contributed by atoms with Gasteiger partial charge in [0.25, 0.3) is 0 Å². The molecule has 2 aromatic carbocycles. The third-order valence-electron chi connectivity index (χ3n) is 4.17. The standard InChI is InChI=1S/C19H18N4OS/c1-23(2)12-5-4-11-8-14(18(20)21-16(11)9-12)19-22-15-7-6-13(24-3)10-17(15)25-19/h4-10H,1-3H3,(H2,20,21). The quantitative estimate of drug-likeness (QED) is 0.601. The van der Waals surface area contributed by atoms with E-state index in [1.165, 1.54) is 0 Å². The lowest BCUT2D eigenvalue weighted by Gasteiger charge is -2.13. The van der Waals surface area contributed by atoms with Crippen LogP contribution in [0.25, 0.3) is 31.7 Å². The summed E-state index contributed by atoms with van der Waals surface area (Å²) in [6, 6.07) is 14.1. The summed E-state index contributed by atoms with van der Waals surface area (Å²) in [5, 5.41) is 1.92. The highest BCUT2D eigenvalue weighted by Gasteiger charge is 2.13.